The first-order chi connectivity index (χ1) is 12.4. The smallest absolute Gasteiger partial charge is 0.375 e. The van der Waals surface area contributed by atoms with E-state index in [0.29, 0.717) is 18.3 Å². The molecule has 2 saturated heterocycles. The molecule has 2 atom stereocenters. The van der Waals surface area contributed by atoms with Gasteiger partial charge in [0, 0.05) is 13.7 Å². The van der Waals surface area contributed by atoms with Crippen LogP contribution in [-0.2, 0) is 16.1 Å². The van der Waals surface area contributed by atoms with Gasteiger partial charge in [0.2, 0.25) is 11.9 Å². The number of hydrogen-bond acceptors (Lipinski definition) is 4. The molecule has 0 spiro atoms. The molecule has 0 bridgehead atoms. The van der Waals surface area contributed by atoms with E-state index in [9.17, 15) is 9.59 Å². The number of imide groups is 1. The van der Waals surface area contributed by atoms with Crippen molar-refractivity contribution < 1.29 is 18.9 Å². The molecule has 0 aliphatic carbocycles. The van der Waals surface area contributed by atoms with Crippen molar-refractivity contribution in [3.63, 3.8) is 0 Å². The number of rotatable bonds is 4. The Bertz CT molecular complexity index is 834. The summed E-state index contributed by atoms with van der Waals surface area (Å²) in [5.74, 6) is 0.921. The highest BCUT2D eigenvalue weighted by Crippen LogP contribution is 2.30. The minimum absolute atomic E-state index is 0.170. The molecule has 0 radical (unpaired) electrons. The van der Waals surface area contributed by atoms with E-state index in [-0.39, 0.29) is 24.6 Å². The van der Waals surface area contributed by atoms with Crippen LogP contribution in [0.25, 0.3) is 0 Å². The molecule has 0 N–H and O–H groups in total. The monoisotopic (exact) mass is 358 g/mol. The van der Waals surface area contributed by atoms with Crippen molar-refractivity contribution in [1.29, 1.82) is 0 Å². The van der Waals surface area contributed by atoms with Gasteiger partial charge >= 0.3 is 12.0 Å². The van der Waals surface area contributed by atoms with Gasteiger partial charge in [-0.1, -0.05) is 17.1 Å². The van der Waals surface area contributed by atoms with Crippen LogP contribution in [0.15, 0.2) is 23.3 Å². The Labute approximate surface area is 152 Å². The first kappa shape index (κ1) is 17.0. The first-order valence-electron chi connectivity index (χ1n) is 8.93. The number of nitrogens with zero attached hydrogens (tertiary/aromatic N) is 5. The number of carbonyl (C=O) groups is 2. The lowest BCUT2D eigenvalue weighted by Crippen LogP contribution is -2.62. The maximum atomic E-state index is 13.0. The van der Waals surface area contributed by atoms with Gasteiger partial charge in [0.05, 0.1) is 19.2 Å². The molecule has 3 aliphatic rings. The Morgan fingerprint density at radius 2 is 2.23 bits per heavy atom. The van der Waals surface area contributed by atoms with E-state index in [1.54, 1.807) is 14.0 Å². The van der Waals surface area contributed by atoms with Crippen LogP contribution >= 0.6 is 0 Å². The third-order valence-corrected chi connectivity index (χ3v) is 5.16. The number of likely N-dealkylation sites (N-methyl/N-ethyl adjacent to an activating group) is 1. The van der Waals surface area contributed by atoms with Crippen molar-refractivity contribution in [2.45, 2.75) is 45.4 Å². The fraction of sp³-hybridized carbons (Fsp3) is 0.556. The molecule has 1 aromatic rings. The van der Waals surface area contributed by atoms with Crippen molar-refractivity contribution in [3.05, 3.63) is 24.0 Å². The van der Waals surface area contributed by atoms with E-state index in [4.69, 9.17) is 4.74 Å². The number of ether oxygens (including phenoxy) is 1. The summed E-state index contributed by atoms with van der Waals surface area (Å²) in [5.41, 5.74) is 1.79. The van der Waals surface area contributed by atoms with Crippen molar-refractivity contribution >= 4 is 23.7 Å². The van der Waals surface area contributed by atoms with E-state index in [1.165, 1.54) is 9.80 Å². The summed E-state index contributed by atoms with van der Waals surface area (Å²) in [7, 11) is 1.66. The molecule has 8 nitrogen and oxygen atoms in total. The molecule has 138 valence electrons. The number of amides is 3. The number of aliphatic imine (C=N–C) groups is 1. The molecule has 3 amide bonds. The molecular formula is C18H24N5O3+. The second kappa shape index (κ2) is 6.05. The number of aryl methyl sites for hydroxylation is 1. The van der Waals surface area contributed by atoms with Gasteiger partial charge in [-0.2, -0.15) is 0 Å². The van der Waals surface area contributed by atoms with E-state index in [2.05, 4.69) is 16.1 Å². The number of amidine groups is 1. The number of imidazole rings is 1. The summed E-state index contributed by atoms with van der Waals surface area (Å²) in [6.45, 7) is 9.36. The average molecular weight is 358 g/mol. The maximum Gasteiger partial charge on any atom is 0.402 e. The zero-order valence-electron chi connectivity index (χ0n) is 15.4. The lowest BCUT2D eigenvalue weighted by Gasteiger charge is -2.33. The lowest BCUT2D eigenvalue weighted by molar-refractivity contribution is -0.677. The van der Waals surface area contributed by atoms with E-state index < -0.39 is 6.04 Å². The quantitative estimate of drug-likeness (QED) is 0.602. The highest BCUT2D eigenvalue weighted by Gasteiger charge is 2.53. The average Bonchev–Trinajstić information content (AvgIpc) is 3.28. The Hall–Kier alpha value is -2.48. The summed E-state index contributed by atoms with van der Waals surface area (Å²) in [6.07, 6.45) is 4.21. The fourth-order valence-corrected chi connectivity index (χ4v) is 3.86. The first-order valence-corrected chi connectivity index (χ1v) is 8.93. The maximum absolute atomic E-state index is 13.0. The Morgan fingerprint density at radius 3 is 2.88 bits per heavy atom. The number of urea groups is 1. The van der Waals surface area contributed by atoms with E-state index in [0.717, 1.165) is 30.7 Å². The molecule has 1 aromatic heterocycles. The van der Waals surface area contributed by atoms with Gasteiger partial charge in [-0.05, 0) is 26.7 Å². The highest BCUT2D eigenvalue weighted by molar-refractivity contribution is 6.19. The van der Waals surface area contributed by atoms with Crippen molar-refractivity contribution in [2.75, 3.05) is 20.2 Å². The zero-order chi connectivity index (χ0) is 18.6. The number of fused-ring (bicyclic) bond motifs is 3. The largest absolute Gasteiger partial charge is 0.402 e. The van der Waals surface area contributed by atoms with Gasteiger partial charge in [0.25, 0.3) is 5.91 Å². The van der Waals surface area contributed by atoms with Crippen molar-refractivity contribution in [2.24, 2.45) is 4.99 Å². The highest BCUT2D eigenvalue weighted by atomic mass is 16.5. The molecule has 8 heteroatoms. The van der Waals surface area contributed by atoms with Gasteiger partial charge in [-0.25, -0.2) is 13.9 Å². The minimum Gasteiger partial charge on any atom is -0.375 e. The second-order valence-electron chi connectivity index (χ2n) is 7.32. The molecule has 3 aliphatic heterocycles. The Balaban J connectivity index is 1.72. The van der Waals surface area contributed by atoms with Crippen molar-refractivity contribution in [1.82, 2.24) is 14.4 Å². The third kappa shape index (κ3) is 2.47. The third-order valence-electron chi connectivity index (χ3n) is 5.16. The van der Waals surface area contributed by atoms with Crippen LogP contribution in [-0.4, -0.2) is 58.4 Å². The molecule has 26 heavy (non-hydrogen) atoms. The summed E-state index contributed by atoms with van der Waals surface area (Å²) >= 11 is 0. The van der Waals surface area contributed by atoms with Crippen LogP contribution in [0.4, 0.5) is 10.7 Å². The Kier molecular flexibility index (Phi) is 3.95. The van der Waals surface area contributed by atoms with E-state index in [1.807, 2.05) is 17.7 Å². The molecule has 4 heterocycles. The van der Waals surface area contributed by atoms with Crippen LogP contribution in [0.5, 0.6) is 0 Å². The second-order valence-corrected chi connectivity index (χ2v) is 7.32. The van der Waals surface area contributed by atoms with Gasteiger partial charge in [0.1, 0.15) is 11.9 Å². The molecule has 2 unspecified atom stereocenters. The van der Waals surface area contributed by atoms with Crippen LogP contribution in [0, 0.1) is 6.92 Å². The van der Waals surface area contributed by atoms with Crippen molar-refractivity contribution in [3.8, 4) is 0 Å². The van der Waals surface area contributed by atoms with Gasteiger partial charge in [-0.3, -0.25) is 14.6 Å². The van der Waals surface area contributed by atoms with Crippen LogP contribution in [0.3, 0.4) is 0 Å². The molecular weight excluding hydrogens is 334 g/mol. The lowest BCUT2D eigenvalue weighted by atomic mass is 10.1. The fourth-order valence-electron chi connectivity index (χ4n) is 3.86. The summed E-state index contributed by atoms with van der Waals surface area (Å²) in [4.78, 5) is 33.0. The van der Waals surface area contributed by atoms with Crippen LogP contribution in [0.1, 0.15) is 31.5 Å². The number of aromatic nitrogens is 2. The molecule has 0 aromatic carbocycles. The SMILES string of the molecule is C=C(C)CN1C(=O)C2C(=Nc3n(CC4CCCO4)c(C)c[n+]32)N(C)C1=O. The van der Waals surface area contributed by atoms with Crippen LogP contribution < -0.4 is 4.57 Å². The number of carbonyl (C=O) groups excluding carboxylic acids is 2. The van der Waals surface area contributed by atoms with E-state index >= 15 is 0 Å². The summed E-state index contributed by atoms with van der Waals surface area (Å²) in [5, 5.41) is 0. The molecule has 2 fully saturated rings. The zero-order valence-corrected chi connectivity index (χ0v) is 15.4. The van der Waals surface area contributed by atoms with Crippen LogP contribution in [0.2, 0.25) is 0 Å². The normalized spacial score (nSPS) is 24.8. The minimum atomic E-state index is -0.600. The summed E-state index contributed by atoms with van der Waals surface area (Å²) < 4.78 is 9.70. The molecule has 4 rings (SSSR count). The standard InChI is InChI=1S/C18H24N5O3/c1-11(2)8-23-16(24)14-15(20(4)18(23)25)19-17-21(12(3)9-22(14)17)10-13-6-5-7-26-13/h9,13-14H,1,5-8,10H2,2-4H3/q+1. The topological polar surface area (TPSA) is 71.0 Å². The van der Waals surface area contributed by atoms with Gasteiger partial charge in [0.15, 0.2) is 0 Å². The Morgan fingerprint density at radius 1 is 1.46 bits per heavy atom. The number of hydrogen-bond donors (Lipinski definition) is 0. The summed E-state index contributed by atoms with van der Waals surface area (Å²) in [6, 6.07) is -0.961. The van der Waals surface area contributed by atoms with Gasteiger partial charge in [-0.15, -0.1) is 0 Å². The predicted octanol–water partition coefficient (Wildman–Crippen LogP) is 1.32. The molecule has 0 saturated carbocycles. The van der Waals surface area contributed by atoms with Gasteiger partial charge < -0.3 is 4.74 Å². The predicted molar refractivity (Wildman–Crippen MR) is 94.2 cm³/mol.